The Kier molecular flexibility index (Phi) is 6.42. The lowest BCUT2D eigenvalue weighted by molar-refractivity contribution is -0.122. The van der Waals surface area contributed by atoms with E-state index in [1.807, 2.05) is 0 Å². The van der Waals surface area contributed by atoms with Crippen LogP contribution in [0.25, 0.3) is 11.3 Å². The SMILES string of the molecule is CCCCC1CCCC1NC(=O)CCc1ncc(-c2ccc(F)cc2)o1. The van der Waals surface area contributed by atoms with Crippen molar-refractivity contribution in [2.24, 2.45) is 5.92 Å². The minimum Gasteiger partial charge on any atom is -0.441 e. The van der Waals surface area contributed by atoms with Crippen LogP contribution in [0.15, 0.2) is 34.9 Å². The third-order valence-corrected chi connectivity index (χ3v) is 5.18. The lowest BCUT2D eigenvalue weighted by atomic mass is 9.96. The second kappa shape index (κ2) is 8.97. The van der Waals surface area contributed by atoms with Gasteiger partial charge in [-0.25, -0.2) is 9.37 Å². The summed E-state index contributed by atoms with van der Waals surface area (Å²) in [5.74, 6) is 1.55. The fourth-order valence-corrected chi connectivity index (χ4v) is 3.71. The van der Waals surface area contributed by atoms with Crippen LogP contribution in [0.1, 0.15) is 57.8 Å². The van der Waals surface area contributed by atoms with Crippen LogP contribution >= 0.6 is 0 Å². The maximum atomic E-state index is 13.0. The minimum atomic E-state index is -0.283. The molecule has 2 unspecified atom stereocenters. The Hall–Kier alpha value is -2.17. The zero-order valence-electron chi connectivity index (χ0n) is 15.3. The van der Waals surface area contributed by atoms with Crippen molar-refractivity contribution in [1.29, 1.82) is 0 Å². The van der Waals surface area contributed by atoms with Crippen LogP contribution in [0.2, 0.25) is 0 Å². The summed E-state index contributed by atoms with van der Waals surface area (Å²) in [6.07, 6.45) is 9.65. The Labute approximate surface area is 154 Å². The fraction of sp³-hybridized carbons (Fsp3) is 0.524. The third-order valence-electron chi connectivity index (χ3n) is 5.18. The molecule has 2 aromatic rings. The maximum Gasteiger partial charge on any atom is 0.220 e. The second-order valence-corrected chi connectivity index (χ2v) is 7.13. The lowest BCUT2D eigenvalue weighted by Gasteiger charge is -2.20. The molecule has 0 saturated heterocycles. The molecule has 1 heterocycles. The predicted molar refractivity (Wildman–Crippen MR) is 99.0 cm³/mol. The van der Waals surface area contributed by atoms with E-state index in [1.165, 1.54) is 44.2 Å². The first-order valence-corrected chi connectivity index (χ1v) is 9.65. The molecule has 0 bridgehead atoms. The van der Waals surface area contributed by atoms with Gasteiger partial charge in [0.15, 0.2) is 11.7 Å². The van der Waals surface area contributed by atoms with Gasteiger partial charge in [0.2, 0.25) is 5.91 Å². The van der Waals surface area contributed by atoms with Crippen LogP contribution in [0, 0.1) is 11.7 Å². The van der Waals surface area contributed by atoms with Gasteiger partial charge in [-0.15, -0.1) is 0 Å². The minimum absolute atomic E-state index is 0.0694. The van der Waals surface area contributed by atoms with E-state index < -0.39 is 0 Å². The Morgan fingerprint density at radius 1 is 1.31 bits per heavy atom. The van der Waals surface area contributed by atoms with Crippen LogP contribution in [0.4, 0.5) is 4.39 Å². The van der Waals surface area contributed by atoms with Gasteiger partial charge in [0.25, 0.3) is 0 Å². The molecule has 1 saturated carbocycles. The summed E-state index contributed by atoms with van der Waals surface area (Å²) in [6.45, 7) is 2.21. The Morgan fingerprint density at radius 2 is 2.12 bits per heavy atom. The highest BCUT2D eigenvalue weighted by molar-refractivity contribution is 5.76. The van der Waals surface area contributed by atoms with Crippen molar-refractivity contribution in [3.05, 3.63) is 42.2 Å². The van der Waals surface area contributed by atoms with E-state index in [0.717, 1.165) is 12.0 Å². The van der Waals surface area contributed by atoms with Gasteiger partial charge in [-0.3, -0.25) is 4.79 Å². The van der Waals surface area contributed by atoms with Gasteiger partial charge in [0.1, 0.15) is 5.82 Å². The summed E-state index contributed by atoms with van der Waals surface area (Å²) in [7, 11) is 0. The summed E-state index contributed by atoms with van der Waals surface area (Å²) >= 11 is 0. The van der Waals surface area contributed by atoms with E-state index in [4.69, 9.17) is 4.42 Å². The number of carbonyl (C=O) groups is 1. The molecule has 1 N–H and O–H groups in total. The topological polar surface area (TPSA) is 55.1 Å². The number of hydrogen-bond donors (Lipinski definition) is 1. The van der Waals surface area contributed by atoms with Gasteiger partial charge in [-0.1, -0.05) is 26.2 Å². The molecule has 1 aliphatic carbocycles. The zero-order valence-corrected chi connectivity index (χ0v) is 15.3. The zero-order chi connectivity index (χ0) is 18.4. The normalized spacial score (nSPS) is 19.6. The van der Waals surface area contributed by atoms with Gasteiger partial charge in [0, 0.05) is 24.4 Å². The largest absolute Gasteiger partial charge is 0.441 e. The predicted octanol–water partition coefficient (Wildman–Crippen LogP) is 4.89. The lowest BCUT2D eigenvalue weighted by Crippen LogP contribution is -2.37. The van der Waals surface area contributed by atoms with Crippen molar-refractivity contribution in [1.82, 2.24) is 10.3 Å². The van der Waals surface area contributed by atoms with Crippen molar-refractivity contribution in [2.45, 2.75) is 64.3 Å². The van der Waals surface area contributed by atoms with Gasteiger partial charge in [-0.2, -0.15) is 0 Å². The second-order valence-electron chi connectivity index (χ2n) is 7.13. The number of hydrogen-bond acceptors (Lipinski definition) is 3. The van der Waals surface area contributed by atoms with Crippen molar-refractivity contribution in [2.75, 3.05) is 0 Å². The smallest absolute Gasteiger partial charge is 0.220 e. The number of aryl methyl sites for hydroxylation is 1. The number of aromatic nitrogens is 1. The molecule has 5 heteroatoms. The van der Waals surface area contributed by atoms with Gasteiger partial charge < -0.3 is 9.73 Å². The monoisotopic (exact) mass is 358 g/mol. The molecular weight excluding hydrogens is 331 g/mol. The molecule has 0 aliphatic heterocycles. The molecule has 1 aromatic heterocycles. The first-order chi connectivity index (χ1) is 12.7. The first-order valence-electron chi connectivity index (χ1n) is 9.65. The number of nitrogens with one attached hydrogen (secondary N) is 1. The average Bonchev–Trinajstić information content (AvgIpc) is 3.28. The number of oxazole rings is 1. The molecule has 140 valence electrons. The molecule has 3 rings (SSSR count). The van der Waals surface area contributed by atoms with E-state index in [2.05, 4.69) is 17.2 Å². The van der Waals surface area contributed by atoms with Crippen LogP contribution < -0.4 is 5.32 Å². The number of rotatable bonds is 8. The Balaban J connectivity index is 1.48. The number of nitrogens with zero attached hydrogens (tertiary/aromatic N) is 1. The highest BCUT2D eigenvalue weighted by Gasteiger charge is 2.27. The molecule has 1 aromatic carbocycles. The molecule has 1 aliphatic rings. The van der Waals surface area contributed by atoms with Crippen LogP contribution in [0.3, 0.4) is 0 Å². The average molecular weight is 358 g/mol. The Bertz CT molecular complexity index is 711. The molecule has 0 radical (unpaired) electrons. The molecule has 26 heavy (non-hydrogen) atoms. The molecule has 1 fully saturated rings. The van der Waals surface area contributed by atoms with Gasteiger partial charge >= 0.3 is 0 Å². The quantitative estimate of drug-likeness (QED) is 0.731. The van der Waals surface area contributed by atoms with Crippen molar-refractivity contribution < 1.29 is 13.6 Å². The van der Waals surface area contributed by atoms with Gasteiger partial charge in [-0.05, 0) is 49.4 Å². The Morgan fingerprint density at radius 3 is 2.88 bits per heavy atom. The number of halogens is 1. The van der Waals surface area contributed by atoms with Crippen molar-refractivity contribution in [3.8, 4) is 11.3 Å². The van der Waals surface area contributed by atoms with E-state index in [0.29, 0.717) is 36.5 Å². The van der Waals surface area contributed by atoms with Crippen molar-refractivity contribution >= 4 is 5.91 Å². The highest BCUT2D eigenvalue weighted by atomic mass is 19.1. The number of unbranched alkanes of at least 4 members (excludes halogenated alkanes) is 1. The van der Waals surface area contributed by atoms with E-state index in [9.17, 15) is 9.18 Å². The molecular formula is C21H27FN2O2. The standard InChI is InChI=1S/C21H27FN2O2/c1-2-3-5-15-6-4-7-18(15)24-20(25)12-13-21-23-14-19(26-21)16-8-10-17(22)11-9-16/h8-11,14-15,18H,2-7,12-13H2,1H3,(H,24,25). The van der Waals surface area contributed by atoms with Gasteiger partial charge in [0.05, 0.1) is 6.20 Å². The summed E-state index contributed by atoms with van der Waals surface area (Å²) in [6, 6.07) is 6.42. The van der Waals surface area contributed by atoms with Crippen LogP contribution in [0.5, 0.6) is 0 Å². The molecule has 4 nitrogen and oxygen atoms in total. The van der Waals surface area contributed by atoms with Crippen molar-refractivity contribution in [3.63, 3.8) is 0 Å². The van der Waals surface area contributed by atoms with E-state index in [1.54, 1.807) is 18.3 Å². The molecule has 1 amide bonds. The number of benzene rings is 1. The highest BCUT2D eigenvalue weighted by Crippen LogP contribution is 2.30. The van der Waals surface area contributed by atoms with E-state index >= 15 is 0 Å². The number of carbonyl (C=O) groups excluding carboxylic acids is 1. The summed E-state index contributed by atoms with van der Waals surface area (Å²) < 4.78 is 18.7. The van der Waals surface area contributed by atoms with Crippen LogP contribution in [-0.4, -0.2) is 16.9 Å². The first kappa shape index (κ1) is 18.6. The summed E-state index contributed by atoms with van der Waals surface area (Å²) in [4.78, 5) is 16.5. The van der Waals surface area contributed by atoms with E-state index in [-0.39, 0.29) is 11.7 Å². The molecule has 0 spiro atoms. The number of amides is 1. The summed E-state index contributed by atoms with van der Waals surface area (Å²) in [5, 5.41) is 3.20. The maximum absolute atomic E-state index is 13.0. The summed E-state index contributed by atoms with van der Waals surface area (Å²) in [5.41, 5.74) is 0.777. The molecule has 2 atom stereocenters. The third kappa shape index (κ3) is 4.93. The fourth-order valence-electron chi connectivity index (χ4n) is 3.71. The van der Waals surface area contributed by atoms with Crippen LogP contribution in [-0.2, 0) is 11.2 Å².